The molecule has 0 bridgehead atoms. The van der Waals surface area contributed by atoms with Crippen LogP contribution in [0.1, 0.15) is 70.9 Å². The molecule has 1 aromatic heterocycles. The van der Waals surface area contributed by atoms with Gasteiger partial charge in [-0.3, -0.25) is 4.68 Å². The van der Waals surface area contributed by atoms with Crippen molar-refractivity contribution >= 4 is 0 Å². The highest BCUT2D eigenvalue weighted by Crippen LogP contribution is 2.25. The van der Waals surface area contributed by atoms with E-state index in [9.17, 15) is 0 Å². The van der Waals surface area contributed by atoms with Gasteiger partial charge in [0.1, 0.15) is 0 Å². The van der Waals surface area contributed by atoms with E-state index < -0.39 is 0 Å². The van der Waals surface area contributed by atoms with Crippen LogP contribution < -0.4 is 5.32 Å². The van der Waals surface area contributed by atoms with Crippen molar-refractivity contribution in [3.63, 3.8) is 0 Å². The van der Waals surface area contributed by atoms with Crippen LogP contribution in [-0.4, -0.2) is 15.8 Å². The van der Waals surface area contributed by atoms with E-state index in [0.717, 1.165) is 12.5 Å². The molecule has 1 aliphatic carbocycles. The predicted molar refractivity (Wildman–Crippen MR) is 80.1 cm³/mol. The lowest BCUT2D eigenvalue weighted by molar-refractivity contribution is 0.336. The van der Waals surface area contributed by atoms with Gasteiger partial charge in [0, 0.05) is 30.4 Å². The molecule has 0 saturated heterocycles. The van der Waals surface area contributed by atoms with Crippen LogP contribution in [0.15, 0.2) is 12.4 Å². The Morgan fingerprint density at radius 3 is 2.47 bits per heavy atom. The van der Waals surface area contributed by atoms with E-state index in [2.05, 4.69) is 37.4 Å². The van der Waals surface area contributed by atoms with Gasteiger partial charge in [-0.1, -0.05) is 25.7 Å². The lowest BCUT2D eigenvalue weighted by Crippen LogP contribution is -2.32. The first-order valence-corrected chi connectivity index (χ1v) is 7.93. The van der Waals surface area contributed by atoms with Crippen LogP contribution >= 0.6 is 0 Å². The zero-order chi connectivity index (χ0) is 13.7. The average Bonchev–Trinajstić information content (AvgIpc) is 2.70. The highest BCUT2D eigenvalue weighted by molar-refractivity contribution is 5.04. The number of aromatic nitrogens is 2. The molecule has 0 aliphatic heterocycles. The molecular weight excluding hydrogens is 234 g/mol. The molecule has 0 unspecified atom stereocenters. The summed E-state index contributed by atoms with van der Waals surface area (Å²) >= 11 is 0. The predicted octanol–water partition coefficient (Wildman–Crippen LogP) is 3.91. The Kier molecular flexibility index (Phi) is 5.44. The lowest BCUT2D eigenvalue weighted by Gasteiger charge is -2.23. The molecule has 0 amide bonds. The number of hydrogen-bond acceptors (Lipinski definition) is 2. The van der Waals surface area contributed by atoms with Crippen molar-refractivity contribution in [1.29, 1.82) is 0 Å². The summed E-state index contributed by atoms with van der Waals surface area (Å²) in [7, 11) is 0. The normalized spacial score (nSPS) is 19.6. The Labute approximate surface area is 117 Å². The molecule has 1 atom stereocenters. The first-order valence-electron chi connectivity index (χ1n) is 7.93. The van der Waals surface area contributed by atoms with E-state index in [0.29, 0.717) is 12.1 Å². The van der Waals surface area contributed by atoms with Crippen molar-refractivity contribution < 1.29 is 0 Å². The van der Waals surface area contributed by atoms with E-state index in [1.165, 1.54) is 44.1 Å². The quantitative estimate of drug-likeness (QED) is 0.816. The average molecular weight is 263 g/mol. The molecule has 1 heterocycles. The summed E-state index contributed by atoms with van der Waals surface area (Å²) in [6, 6.07) is 1.08. The summed E-state index contributed by atoms with van der Waals surface area (Å²) in [5.41, 5.74) is 1.30. The molecule has 0 radical (unpaired) electrons. The third kappa shape index (κ3) is 4.34. The molecule has 1 aromatic rings. The molecule has 3 heteroatoms. The van der Waals surface area contributed by atoms with E-state index in [1.807, 2.05) is 10.9 Å². The van der Waals surface area contributed by atoms with Gasteiger partial charge in [0.15, 0.2) is 0 Å². The largest absolute Gasteiger partial charge is 0.310 e. The van der Waals surface area contributed by atoms with Gasteiger partial charge in [-0.25, -0.2) is 0 Å². The van der Waals surface area contributed by atoms with Crippen LogP contribution in [0.4, 0.5) is 0 Å². The molecule has 0 spiro atoms. The molecule has 1 fully saturated rings. The first kappa shape index (κ1) is 14.6. The third-order valence-electron chi connectivity index (χ3n) is 4.42. The minimum Gasteiger partial charge on any atom is -0.310 e. The van der Waals surface area contributed by atoms with Crippen LogP contribution in [0.2, 0.25) is 0 Å². The first-order chi connectivity index (χ1) is 9.16. The van der Waals surface area contributed by atoms with Crippen LogP contribution in [-0.2, 0) is 6.54 Å². The van der Waals surface area contributed by atoms with Crippen LogP contribution in [0, 0.1) is 5.92 Å². The molecule has 0 aromatic carbocycles. The molecule has 108 valence electrons. The Bertz CT molecular complexity index is 362. The summed E-state index contributed by atoms with van der Waals surface area (Å²) in [5, 5.41) is 8.09. The molecule has 1 aliphatic rings. The van der Waals surface area contributed by atoms with Crippen molar-refractivity contribution in [2.75, 3.05) is 0 Å². The van der Waals surface area contributed by atoms with Crippen molar-refractivity contribution in [3.8, 4) is 0 Å². The summed E-state index contributed by atoms with van der Waals surface area (Å²) in [6.07, 6.45) is 12.7. The smallest absolute Gasteiger partial charge is 0.0534 e. The molecule has 2 rings (SSSR count). The maximum Gasteiger partial charge on any atom is 0.0534 e. The van der Waals surface area contributed by atoms with Gasteiger partial charge in [0.25, 0.3) is 0 Å². The maximum atomic E-state index is 4.40. The molecule has 1 N–H and O–H groups in total. The maximum absolute atomic E-state index is 4.40. The van der Waals surface area contributed by atoms with Crippen molar-refractivity contribution in [3.05, 3.63) is 18.0 Å². The van der Waals surface area contributed by atoms with Gasteiger partial charge in [-0.2, -0.15) is 5.10 Å². The summed E-state index contributed by atoms with van der Waals surface area (Å²) in [4.78, 5) is 0. The Morgan fingerprint density at radius 1 is 1.21 bits per heavy atom. The monoisotopic (exact) mass is 263 g/mol. The second-order valence-corrected chi connectivity index (χ2v) is 6.34. The fourth-order valence-electron chi connectivity index (χ4n) is 3.01. The topological polar surface area (TPSA) is 29.9 Å². The van der Waals surface area contributed by atoms with Gasteiger partial charge in [0.05, 0.1) is 6.20 Å². The Balaban J connectivity index is 1.79. The summed E-state index contributed by atoms with van der Waals surface area (Å²) in [5.74, 6) is 0.864. The Hall–Kier alpha value is -0.830. The van der Waals surface area contributed by atoms with Crippen molar-refractivity contribution in [2.45, 2.75) is 77.9 Å². The van der Waals surface area contributed by atoms with Gasteiger partial charge in [-0.05, 0) is 39.5 Å². The lowest BCUT2D eigenvalue weighted by atomic mass is 9.93. The fourth-order valence-corrected chi connectivity index (χ4v) is 3.01. The van der Waals surface area contributed by atoms with E-state index >= 15 is 0 Å². The molecular formula is C16H29N3. The number of hydrogen-bond donors (Lipinski definition) is 1. The van der Waals surface area contributed by atoms with Crippen LogP contribution in [0.3, 0.4) is 0 Å². The Morgan fingerprint density at radius 2 is 1.89 bits per heavy atom. The zero-order valence-electron chi connectivity index (χ0n) is 12.7. The van der Waals surface area contributed by atoms with Gasteiger partial charge >= 0.3 is 0 Å². The summed E-state index contributed by atoms with van der Waals surface area (Å²) < 4.78 is 2.04. The summed E-state index contributed by atoms with van der Waals surface area (Å²) in [6.45, 7) is 7.63. The second-order valence-electron chi connectivity index (χ2n) is 6.34. The number of rotatable bonds is 5. The van der Waals surface area contributed by atoms with Crippen molar-refractivity contribution in [2.24, 2.45) is 5.92 Å². The van der Waals surface area contributed by atoms with Crippen LogP contribution in [0.5, 0.6) is 0 Å². The minimum atomic E-state index is 0.452. The fraction of sp³-hybridized carbons (Fsp3) is 0.812. The van der Waals surface area contributed by atoms with Crippen molar-refractivity contribution in [1.82, 2.24) is 15.1 Å². The highest BCUT2D eigenvalue weighted by Gasteiger charge is 2.18. The van der Waals surface area contributed by atoms with E-state index in [1.54, 1.807) is 0 Å². The molecule has 19 heavy (non-hydrogen) atoms. The molecule has 1 saturated carbocycles. The van der Waals surface area contributed by atoms with Gasteiger partial charge < -0.3 is 5.32 Å². The third-order valence-corrected chi connectivity index (χ3v) is 4.42. The van der Waals surface area contributed by atoms with E-state index in [-0.39, 0.29) is 0 Å². The number of nitrogens with one attached hydrogen (secondary N) is 1. The zero-order valence-corrected chi connectivity index (χ0v) is 12.7. The second kappa shape index (κ2) is 7.09. The standard InChI is InChI=1S/C16H29N3/c1-13(2)19-12-15(11-18-19)10-17-14(3)16-8-6-4-5-7-9-16/h11-14,16-17H,4-10H2,1-3H3/t14-/m0/s1. The van der Waals surface area contributed by atoms with Crippen LogP contribution in [0.25, 0.3) is 0 Å². The molecule has 3 nitrogen and oxygen atoms in total. The van der Waals surface area contributed by atoms with Gasteiger partial charge in [-0.15, -0.1) is 0 Å². The SMILES string of the molecule is CC(C)n1cc(CN[C@@H](C)C2CCCCCC2)cn1. The highest BCUT2D eigenvalue weighted by atomic mass is 15.3. The minimum absolute atomic E-state index is 0.452. The number of nitrogens with zero attached hydrogens (tertiary/aromatic N) is 2. The van der Waals surface area contributed by atoms with Gasteiger partial charge in [0.2, 0.25) is 0 Å². The van der Waals surface area contributed by atoms with E-state index in [4.69, 9.17) is 0 Å².